The van der Waals surface area contributed by atoms with Crippen LogP contribution in [0.5, 0.6) is 0 Å². The first-order valence-corrected chi connectivity index (χ1v) is 9.02. The molecule has 2 aliphatic rings. The lowest BCUT2D eigenvalue weighted by Crippen LogP contribution is -2.50. The zero-order valence-corrected chi connectivity index (χ0v) is 14.6. The Morgan fingerprint density at radius 2 is 1.92 bits per heavy atom. The van der Waals surface area contributed by atoms with Crippen LogP contribution >= 0.6 is 0 Å². The Labute approximate surface area is 153 Å². The molecular weight excluding hydrogens is 326 g/mol. The van der Waals surface area contributed by atoms with E-state index in [-0.39, 0.29) is 6.03 Å². The van der Waals surface area contributed by atoms with Crippen molar-refractivity contribution < 1.29 is 4.79 Å². The number of nitrogens with one attached hydrogen (secondary N) is 1. The van der Waals surface area contributed by atoms with Crippen LogP contribution in [-0.4, -0.2) is 42.1 Å². The van der Waals surface area contributed by atoms with Crippen molar-refractivity contribution in [3.05, 3.63) is 53.2 Å². The molecule has 26 heavy (non-hydrogen) atoms. The van der Waals surface area contributed by atoms with Gasteiger partial charge in [0.15, 0.2) is 0 Å². The largest absolute Gasteiger partial charge is 0.352 e. The minimum atomic E-state index is -0.0656. The van der Waals surface area contributed by atoms with Gasteiger partial charge in [-0.15, -0.1) is 0 Å². The first-order valence-electron chi connectivity index (χ1n) is 9.02. The number of nitrogens with zero attached hydrogens (tertiary/aromatic N) is 4. The number of anilines is 2. The van der Waals surface area contributed by atoms with Crippen LogP contribution in [0.3, 0.4) is 0 Å². The summed E-state index contributed by atoms with van der Waals surface area (Å²) in [4.78, 5) is 20.8. The minimum Gasteiger partial charge on any atom is -0.352 e. The number of hydrogen-bond donors (Lipinski definition) is 1. The van der Waals surface area contributed by atoms with E-state index in [1.165, 1.54) is 17.5 Å². The molecule has 4 rings (SSSR count). The lowest BCUT2D eigenvalue weighted by atomic mass is 10.1. The summed E-state index contributed by atoms with van der Waals surface area (Å²) in [6.45, 7) is 2.56. The second-order valence-corrected chi connectivity index (χ2v) is 6.73. The van der Waals surface area contributed by atoms with E-state index in [0.717, 1.165) is 18.5 Å². The number of fused-ring (bicyclic) bond motifs is 1. The van der Waals surface area contributed by atoms with E-state index in [1.807, 2.05) is 11.0 Å². The molecule has 6 nitrogen and oxygen atoms in total. The first-order chi connectivity index (χ1) is 12.7. The highest BCUT2D eigenvalue weighted by Crippen LogP contribution is 2.25. The molecule has 1 fully saturated rings. The van der Waals surface area contributed by atoms with Gasteiger partial charge >= 0.3 is 6.03 Å². The maximum Gasteiger partial charge on any atom is 0.321 e. The van der Waals surface area contributed by atoms with Crippen molar-refractivity contribution in [2.45, 2.75) is 19.3 Å². The van der Waals surface area contributed by atoms with Gasteiger partial charge in [0.05, 0.1) is 5.56 Å². The fraction of sp³-hybridized carbons (Fsp3) is 0.350. The lowest BCUT2D eigenvalue weighted by Gasteiger charge is -2.35. The summed E-state index contributed by atoms with van der Waals surface area (Å²) in [5.41, 5.74) is 4.20. The Morgan fingerprint density at radius 1 is 1.12 bits per heavy atom. The van der Waals surface area contributed by atoms with E-state index >= 15 is 0 Å². The molecule has 0 spiro atoms. The normalized spacial score (nSPS) is 16.1. The molecule has 0 radical (unpaired) electrons. The number of pyridine rings is 1. The van der Waals surface area contributed by atoms with E-state index in [4.69, 9.17) is 0 Å². The van der Waals surface area contributed by atoms with Crippen molar-refractivity contribution in [1.82, 2.24) is 9.88 Å². The van der Waals surface area contributed by atoms with Crippen molar-refractivity contribution in [2.24, 2.45) is 0 Å². The molecule has 0 saturated carbocycles. The second kappa shape index (κ2) is 7.04. The number of amides is 2. The van der Waals surface area contributed by atoms with E-state index < -0.39 is 0 Å². The fourth-order valence-corrected chi connectivity index (χ4v) is 3.71. The average molecular weight is 347 g/mol. The molecule has 2 amide bonds. The second-order valence-electron chi connectivity index (χ2n) is 6.73. The van der Waals surface area contributed by atoms with Crippen LogP contribution in [0.2, 0.25) is 0 Å². The number of urea groups is 1. The van der Waals surface area contributed by atoms with E-state index in [0.29, 0.717) is 37.6 Å². The highest BCUT2D eigenvalue weighted by Gasteiger charge is 2.23. The van der Waals surface area contributed by atoms with E-state index in [2.05, 4.69) is 33.4 Å². The third kappa shape index (κ3) is 3.21. The van der Waals surface area contributed by atoms with Gasteiger partial charge in [0.25, 0.3) is 0 Å². The molecular formula is C20H21N5O. The summed E-state index contributed by atoms with van der Waals surface area (Å²) in [6.07, 6.45) is 5.14. The van der Waals surface area contributed by atoms with Crippen molar-refractivity contribution >= 4 is 17.5 Å². The van der Waals surface area contributed by atoms with Gasteiger partial charge in [0, 0.05) is 38.1 Å². The molecule has 0 bridgehead atoms. The summed E-state index contributed by atoms with van der Waals surface area (Å²) in [5, 5.41) is 12.2. The summed E-state index contributed by atoms with van der Waals surface area (Å²) >= 11 is 0. The molecule has 1 aromatic heterocycles. The SMILES string of the molecule is N#Cc1cccnc1N1CCN(C(=O)Nc2ccc3c(c2)CCC3)CC1. The Balaban J connectivity index is 1.37. The van der Waals surface area contributed by atoms with Crippen LogP contribution in [0.15, 0.2) is 36.5 Å². The molecule has 1 aliphatic carbocycles. The van der Waals surface area contributed by atoms with Gasteiger partial charge in [0.2, 0.25) is 0 Å². The predicted octanol–water partition coefficient (Wildman–Crippen LogP) is 2.80. The molecule has 6 heteroatoms. The minimum absolute atomic E-state index is 0.0656. The van der Waals surface area contributed by atoms with Crippen LogP contribution in [0.25, 0.3) is 0 Å². The Morgan fingerprint density at radius 3 is 2.73 bits per heavy atom. The van der Waals surface area contributed by atoms with Gasteiger partial charge in [-0.05, 0) is 54.7 Å². The smallest absolute Gasteiger partial charge is 0.321 e. The zero-order valence-electron chi connectivity index (χ0n) is 14.6. The molecule has 0 atom stereocenters. The lowest BCUT2D eigenvalue weighted by molar-refractivity contribution is 0.208. The maximum atomic E-state index is 12.6. The number of hydrogen-bond acceptors (Lipinski definition) is 4. The number of carbonyl (C=O) groups is 1. The Hall–Kier alpha value is -3.07. The quantitative estimate of drug-likeness (QED) is 0.907. The van der Waals surface area contributed by atoms with E-state index in [9.17, 15) is 10.1 Å². The summed E-state index contributed by atoms with van der Waals surface area (Å²) in [6, 6.07) is 11.9. The molecule has 1 aromatic carbocycles. The van der Waals surface area contributed by atoms with Gasteiger partial charge in [-0.3, -0.25) is 0 Å². The fourth-order valence-electron chi connectivity index (χ4n) is 3.71. The van der Waals surface area contributed by atoms with Crippen molar-refractivity contribution in [2.75, 3.05) is 36.4 Å². The molecule has 2 aromatic rings. The molecule has 1 N–H and O–H groups in total. The number of carbonyl (C=O) groups excluding carboxylic acids is 1. The van der Waals surface area contributed by atoms with Crippen molar-refractivity contribution in [3.63, 3.8) is 0 Å². The van der Waals surface area contributed by atoms with Gasteiger partial charge < -0.3 is 15.1 Å². The molecule has 0 unspecified atom stereocenters. The summed E-state index contributed by atoms with van der Waals surface area (Å²) < 4.78 is 0. The van der Waals surface area contributed by atoms with Gasteiger partial charge in [-0.2, -0.15) is 5.26 Å². The van der Waals surface area contributed by atoms with Crippen molar-refractivity contribution in [1.29, 1.82) is 5.26 Å². The number of piperazine rings is 1. The van der Waals surface area contributed by atoms with Crippen LogP contribution in [0, 0.1) is 11.3 Å². The Kier molecular flexibility index (Phi) is 4.44. The zero-order chi connectivity index (χ0) is 17.9. The van der Waals surface area contributed by atoms with Crippen LogP contribution in [-0.2, 0) is 12.8 Å². The number of rotatable bonds is 2. The molecule has 1 aliphatic heterocycles. The average Bonchev–Trinajstić information content (AvgIpc) is 3.16. The highest BCUT2D eigenvalue weighted by molar-refractivity contribution is 5.89. The third-order valence-corrected chi connectivity index (χ3v) is 5.12. The van der Waals surface area contributed by atoms with Gasteiger partial charge in [-0.1, -0.05) is 6.07 Å². The topological polar surface area (TPSA) is 72.3 Å². The summed E-state index contributed by atoms with van der Waals surface area (Å²) in [7, 11) is 0. The monoisotopic (exact) mass is 347 g/mol. The van der Waals surface area contributed by atoms with Crippen LogP contribution < -0.4 is 10.2 Å². The molecule has 1 saturated heterocycles. The predicted molar refractivity (Wildman–Crippen MR) is 100 cm³/mol. The van der Waals surface area contributed by atoms with E-state index in [1.54, 1.807) is 18.3 Å². The number of aromatic nitrogens is 1. The maximum absolute atomic E-state index is 12.6. The number of aryl methyl sites for hydroxylation is 2. The summed E-state index contributed by atoms with van der Waals surface area (Å²) in [5.74, 6) is 0.702. The van der Waals surface area contributed by atoms with Gasteiger partial charge in [-0.25, -0.2) is 9.78 Å². The van der Waals surface area contributed by atoms with Crippen molar-refractivity contribution in [3.8, 4) is 6.07 Å². The first kappa shape index (κ1) is 16.4. The third-order valence-electron chi connectivity index (χ3n) is 5.12. The number of benzene rings is 1. The van der Waals surface area contributed by atoms with Gasteiger partial charge in [0.1, 0.15) is 11.9 Å². The van der Waals surface area contributed by atoms with Crippen LogP contribution in [0.4, 0.5) is 16.3 Å². The van der Waals surface area contributed by atoms with Crippen LogP contribution in [0.1, 0.15) is 23.1 Å². The molecule has 2 heterocycles. The number of nitriles is 1. The molecule has 132 valence electrons. The standard InChI is InChI=1S/C20H21N5O/c21-14-17-5-2-8-22-19(17)24-9-11-25(12-10-24)20(26)23-18-7-6-15-3-1-4-16(15)13-18/h2,5-8,13H,1,3-4,9-12H2,(H,23,26). The Bertz CT molecular complexity index is 865. The highest BCUT2D eigenvalue weighted by atomic mass is 16.2.